The Labute approximate surface area is 184 Å². The number of ether oxygens (including phenoxy) is 1. The summed E-state index contributed by atoms with van der Waals surface area (Å²) in [7, 11) is 0. The summed E-state index contributed by atoms with van der Waals surface area (Å²) in [6, 6.07) is 15.5. The van der Waals surface area contributed by atoms with Crippen molar-refractivity contribution >= 4 is 17.0 Å². The van der Waals surface area contributed by atoms with Crippen molar-refractivity contribution in [1.29, 1.82) is 0 Å². The number of benzene rings is 2. The highest BCUT2D eigenvalue weighted by atomic mass is 19.1. The zero-order chi connectivity index (χ0) is 22.9. The molecular formula is C24H23FN4O3. The Hall–Kier alpha value is -3.81. The van der Waals surface area contributed by atoms with Crippen LogP contribution >= 0.6 is 0 Å². The maximum absolute atomic E-state index is 13.9. The molecule has 0 fully saturated rings. The van der Waals surface area contributed by atoms with Gasteiger partial charge in [-0.2, -0.15) is 5.10 Å². The maximum atomic E-state index is 13.9. The predicted octanol–water partition coefficient (Wildman–Crippen LogP) is 3.79. The molecule has 0 bridgehead atoms. The number of carbonyl (C=O) groups is 1. The zero-order valence-electron chi connectivity index (χ0n) is 18.1. The molecule has 0 spiro atoms. The van der Waals surface area contributed by atoms with Gasteiger partial charge in [0.1, 0.15) is 34.7 Å². The van der Waals surface area contributed by atoms with E-state index in [0.717, 1.165) is 10.2 Å². The zero-order valence-corrected chi connectivity index (χ0v) is 18.1. The van der Waals surface area contributed by atoms with Crippen LogP contribution in [0.4, 0.5) is 4.39 Å². The summed E-state index contributed by atoms with van der Waals surface area (Å²) in [4.78, 5) is 30.1. The molecule has 2 aromatic carbocycles. The Kier molecular flexibility index (Phi) is 5.61. The predicted molar refractivity (Wildman–Crippen MR) is 119 cm³/mol. The average molecular weight is 434 g/mol. The van der Waals surface area contributed by atoms with Crippen molar-refractivity contribution in [1.82, 2.24) is 19.3 Å². The van der Waals surface area contributed by atoms with Gasteiger partial charge in [-0.05, 0) is 38.5 Å². The van der Waals surface area contributed by atoms with Gasteiger partial charge in [-0.1, -0.05) is 42.5 Å². The third-order valence-corrected chi connectivity index (χ3v) is 4.71. The summed E-state index contributed by atoms with van der Waals surface area (Å²) in [6.45, 7) is 5.28. The minimum atomic E-state index is -0.703. The van der Waals surface area contributed by atoms with Crippen LogP contribution in [0, 0.1) is 5.82 Å². The van der Waals surface area contributed by atoms with Crippen LogP contribution in [-0.2, 0) is 22.6 Å². The van der Waals surface area contributed by atoms with Crippen LogP contribution in [-0.4, -0.2) is 30.9 Å². The van der Waals surface area contributed by atoms with Crippen molar-refractivity contribution in [2.75, 3.05) is 0 Å². The SMILES string of the molecule is CC(C)(C)OC(=O)Cn1nc(-c2cccc(F)c2)c2ncn(Cc3ccccc3)c2c1=O. The van der Waals surface area contributed by atoms with Crippen molar-refractivity contribution < 1.29 is 13.9 Å². The summed E-state index contributed by atoms with van der Waals surface area (Å²) in [6.07, 6.45) is 1.56. The first-order valence-corrected chi connectivity index (χ1v) is 10.2. The van der Waals surface area contributed by atoms with Crippen LogP contribution in [0.25, 0.3) is 22.3 Å². The lowest BCUT2D eigenvalue weighted by Gasteiger charge is -2.19. The van der Waals surface area contributed by atoms with E-state index in [1.165, 1.54) is 12.1 Å². The molecule has 164 valence electrons. The highest BCUT2D eigenvalue weighted by molar-refractivity contribution is 5.89. The molecule has 4 rings (SSSR count). The number of hydrogen-bond donors (Lipinski definition) is 0. The monoisotopic (exact) mass is 434 g/mol. The number of imidazole rings is 1. The molecule has 32 heavy (non-hydrogen) atoms. The lowest BCUT2D eigenvalue weighted by atomic mass is 10.1. The number of halogens is 1. The van der Waals surface area contributed by atoms with E-state index in [2.05, 4.69) is 10.1 Å². The van der Waals surface area contributed by atoms with E-state index < -0.39 is 22.9 Å². The van der Waals surface area contributed by atoms with Crippen LogP contribution < -0.4 is 5.56 Å². The minimum Gasteiger partial charge on any atom is -0.459 e. The standard InChI is InChI=1S/C24H23FN4O3/c1-24(2,3)32-19(30)14-29-23(31)22-21(20(27-29)17-10-7-11-18(25)12-17)26-15-28(22)13-16-8-5-4-6-9-16/h4-12,15H,13-14H2,1-3H3. The first-order valence-electron chi connectivity index (χ1n) is 10.2. The third kappa shape index (κ3) is 4.59. The van der Waals surface area contributed by atoms with Gasteiger partial charge in [0.05, 0.1) is 6.33 Å². The first-order chi connectivity index (χ1) is 15.2. The second-order valence-electron chi connectivity index (χ2n) is 8.46. The fourth-order valence-electron chi connectivity index (χ4n) is 3.45. The number of rotatable bonds is 5. The van der Waals surface area contributed by atoms with E-state index in [0.29, 0.717) is 23.3 Å². The Bertz CT molecular complexity index is 1340. The van der Waals surface area contributed by atoms with Crippen LogP contribution in [0.3, 0.4) is 0 Å². The van der Waals surface area contributed by atoms with E-state index >= 15 is 0 Å². The van der Waals surface area contributed by atoms with Gasteiger partial charge < -0.3 is 9.30 Å². The molecule has 7 nitrogen and oxygen atoms in total. The van der Waals surface area contributed by atoms with Gasteiger partial charge in [0, 0.05) is 12.1 Å². The van der Waals surface area contributed by atoms with E-state index in [1.807, 2.05) is 30.3 Å². The van der Waals surface area contributed by atoms with E-state index in [9.17, 15) is 14.0 Å². The summed E-state index contributed by atoms with van der Waals surface area (Å²) < 4.78 is 22.1. The summed E-state index contributed by atoms with van der Waals surface area (Å²) >= 11 is 0. The largest absolute Gasteiger partial charge is 0.459 e. The third-order valence-electron chi connectivity index (χ3n) is 4.71. The van der Waals surface area contributed by atoms with Crippen molar-refractivity contribution in [3.63, 3.8) is 0 Å². The van der Waals surface area contributed by atoms with E-state index in [-0.39, 0.29) is 12.1 Å². The van der Waals surface area contributed by atoms with Crippen LogP contribution in [0.5, 0.6) is 0 Å². The second kappa shape index (κ2) is 8.37. The molecule has 2 aromatic heterocycles. The molecule has 0 aliphatic carbocycles. The summed E-state index contributed by atoms with van der Waals surface area (Å²) in [5.41, 5.74) is 1.20. The van der Waals surface area contributed by atoms with Crippen molar-refractivity contribution in [3.8, 4) is 11.3 Å². The van der Waals surface area contributed by atoms with Gasteiger partial charge in [-0.25, -0.2) is 14.1 Å². The molecule has 0 atom stereocenters. The Morgan fingerprint density at radius 2 is 1.84 bits per heavy atom. The quantitative estimate of drug-likeness (QED) is 0.447. The fourth-order valence-corrected chi connectivity index (χ4v) is 3.45. The normalized spacial score (nSPS) is 11.6. The van der Waals surface area contributed by atoms with Gasteiger partial charge in [-0.15, -0.1) is 0 Å². The number of carbonyl (C=O) groups excluding carboxylic acids is 1. The molecule has 0 N–H and O–H groups in total. The molecule has 0 radical (unpaired) electrons. The Morgan fingerprint density at radius 3 is 2.53 bits per heavy atom. The van der Waals surface area contributed by atoms with Gasteiger partial charge >= 0.3 is 5.97 Å². The highest BCUT2D eigenvalue weighted by Crippen LogP contribution is 2.25. The number of aromatic nitrogens is 4. The molecule has 0 unspecified atom stereocenters. The van der Waals surface area contributed by atoms with Crippen LogP contribution in [0.1, 0.15) is 26.3 Å². The van der Waals surface area contributed by atoms with Crippen LogP contribution in [0.2, 0.25) is 0 Å². The average Bonchev–Trinajstić information content (AvgIpc) is 3.13. The van der Waals surface area contributed by atoms with E-state index in [1.54, 1.807) is 43.8 Å². The van der Waals surface area contributed by atoms with Gasteiger partial charge in [0.25, 0.3) is 5.56 Å². The molecule has 0 saturated heterocycles. The van der Waals surface area contributed by atoms with Gasteiger partial charge in [-0.3, -0.25) is 9.59 Å². The fraction of sp³-hybridized carbons (Fsp3) is 0.250. The number of nitrogens with zero attached hydrogens (tertiary/aromatic N) is 4. The second-order valence-corrected chi connectivity index (χ2v) is 8.46. The van der Waals surface area contributed by atoms with E-state index in [4.69, 9.17) is 4.74 Å². The summed E-state index contributed by atoms with van der Waals surface area (Å²) in [5.74, 6) is -1.03. The number of fused-ring (bicyclic) bond motifs is 1. The maximum Gasteiger partial charge on any atom is 0.328 e. The smallest absolute Gasteiger partial charge is 0.328 e. The molecule has 2 heterocycles. The Balaban J connectivity index is 1.87. The molecule has 0 saturated carbocycles. The van der Waals surface area contributed by atoms with Crippen LogP contribution in [0.15, 0.2) is 65.7 Å². The highest BCUT2D eigenvalue weighted by Gasteiger charge is 2.22. The minimum absolute atomic E-state index is 0.284. The molecular weight excluding hydrogens is 411 g/mol. The summed E-state index contributed by atoms with van der Waals surface area (Å²) in [5, 5.41) is 4.36. The number of hydrogen-bond acceptors (Lipinski definition) is 5. The molecule has 0 aliphatic heterocycles. The molecule has 0 amide bonds. The van der Waals surface area contributed by atoms with Gasteiger partial charge in [0.2, 0.25) is 0 Å². The van der Waals surface area contributed by atoms with Crippen molar-refractivity contribution in [3.05, 3.63) is 82.7 Å². The van der Waals surface area contributed by atoms with Gasteiger partial charge in [0.15, 0.2) is 0 Å². The first kappa shape index (κ1) is 21.4. The molecule has 0 aliphatic rings. The molecule has 8 heteroatoms. The van der Waals surface area contributed by atoms with Crippen molar-refractivity contribution in [2.24, 2.45) is 0 Å². The molecule has 4 aromatic rings. The van der Waals surface area contributed by atoms with Crippen molar-refractivity contribution in [2.45, 2.75) is 39.5 Å². The number of esters is 1. The Morgan fingerprint density at radius 1 is 1.09 bits per heavy atom. The topological polar surface area (TPSA) is 79.0 Å². The lowest BCUT2D eigenvalue weighted by Crippen LogP contribution is -2.32. The lowest BCUT2D eigenvalue weighted by molar-refractivity contribution is -0.155.